The second kappa shape index (κ2) is 3.48. The van der Waals surface area contributed by atoms with E-state index in [0.717, 1.165) is 24.1 Å². The summed E-state index contributed by atoms with van der Waals surface area (Å²) >= 11 is 5.36. The van der Waals surface area contributed by atoms with Crippen molar-refractivity contribution in [2.45, 2.75) is 30.5 Å². The van der Waals surface area contributed by atoms with Gasteiger partial charge >= 0.3 is 0 Å². The van der Waals surface area contributed by atoms with Gasteiger partial charge in [-0.1, -0.05) is 15.9 Å². The zero-order valence-corrected chi connectivity index (χ0v) is 9.49. The first-order chi connectivity index (χ1) is 5.77. The van der Waals surface area contributed by atoms with E-state index >= 15 is 0 Å². The zero-order valence-electron chi connectivity index (χ0n) is 7.09. The molecule has 4 heteroatoms. The van der Waals surface area contributed by atoms with Crippen LogP contribution >= 0.6 is 27.7 Å². The van der Waals surface area contributed by atoms with Crippen LogP contribution in [-0.2, 0) is 9.47 Å². The molecule has 2 aliphatic rings. The van der Waals surface area contributed by atoms with Gasteiger partial charge in [0.05, 0.1) is 18.0 Å². The Morgan fingerprint density at radius 1 is 1.67 bits per heavy atom. The molecule has 0 bridgehead atoms. The molecular formula is C8H13BrO2S. The Balaban J connectivity index is 2.04. The third-order valence-electron chi connectivity index (χ3n) is 2.49. The SMILES string of the molecule is CC1SCCC12OCC(CBr)O2. The monoisotopic (exact) mass is 252 g/mol. The Hall–Kier alpha value is 0.750. The van der Waals surface area contributed by atoms with Crippen molar-refractivity contribution >= 4 is 27.7 Å². The Labute approximate surface area is 85.5 Å². The largest absolute Gasteiger partial charge is 0.346 e. The van der Waals surface area contributed by atoms with E-state index in [1.165, 1.54) is 0 Å². The van der Waals surface area contributed by atoms with E-state index in [4.69, 9.17) is 9.47 Å². The van der Waals surface area contributed by atoms with Gasteiger partial charge in [-0.15, -0.1) is 0 Å². The molecule has 2 nitrogen and oxygen atoms in total. The highest BCUT2D eigenvalue weighted by molar-refractivity contribution is 9.09. The second-order valence-electron chi connectivity index (χ2n) is 3.28. The molecule has 2 fully saturated rings. The van der Waals surface area contributed by atoms with Crippen molar-refractivity contribution in [2.24, 2.45) is 0 Å². The molecule has 2 saturated heterocycles. The molecule has 2 heterocycles. The van der Waals surface area contributed by atoms with Crippen molar-refractivity contribution in [1.82, 2.24) is 0 Å². The van der Waals surface area contributed by atoms with Gasteiger partial charge in [-0.25, -0.2) is 0 Å². The van der Waals surface area contributed by atoms with Gasteiger partial charge in [-0.3, -0.25) is 0 Å². The number of rotatable bonds is 1. The number of thioether (sulfide) groups is 1. The number of hydrogen-bond acceptors (Lipinski definition) is 3. The molecule has 70 valence electrons. The Morgan fingerprint density at radius 2 is 2.50 bits per heavy atom. The molecule has 12 heavy (non-hydrogen) atoms. The molecule has 0 aromatic heterocycles. The standard InChI is InChI=1S/C8H13BrO2S/c1-6-8(2-3-12-6)10-5-7(4-9)11-8/h6-7H,2-5H2,1H3. The maximum atomic E-state index is 5.88. The first kappa shape index (κ1) is 9.31. The highest BCUT2D eigenvalue weighted by Crippen LogP contribution is 2.43. The fourth-order valence-electron chi connectivity index (χ4n) is 1.71. The van der Waals surface area contributed by atoms with Crippen LogP contribution in [0.3, 0.4) is 0 Å². The van der Waals surface area contributed by atoms with E-state index < -0.39 is 0 Å². The fraction of sp³-hybridized carbons (Fsp3) is 1.00. The van der Waals surface area contributed by atoms with Crippen LogP contribution in [0.5, 0.6) is 0 Å². The summed E-state index contributed by atoms with van der Waals surface area (Å²) in [5, 5.41) is 1.37. The number of alkyl halides is 1. The minimum Gasteiger partial charge on any atom is -0.346 e. The lowest BCUT2D eigenvalue weighted by Crippen LogP contribution is -2.36. The maximum Gasteiger partial charge on any atom is 0.181 e. The maximum absolute atomic E-state index is 5.88. The molecular weight excluding hydrogens is 240 g/mol. The van der Waals surface area contributed by atoms with Crippen molar-refractivity contribution < 1.29 is 9.47 Å². The molecule has 0 aliphatic carbocycles. The molecule has 2 aliphatic heterocycles. The van der Waals surface area contributed by atoms with Crippen LogP contribution in [0.15, 0.2) is 0 Å². The lowest BCUT2D eigenvalue weighted by Gasteiger charge is -2.26. The highest BCUT2D eigenvalue weighted by atomic mass is 79.9. The highest BCUT2D eigenvalue weighted by Gasteiger charge is 2.48. The number of ether oxygens (including phenoxy) is 2. The minimum absolute atomic E-state index is 0.247. The molecule has 0 amide bonds. The molecule has 2 rings (SSSR count). The fourth-order valence-corrected chi connectivity index (χ4v) is 3.28. The van der Waals surface area contributed by atoms with Gasteiger partial charge < -0.3 is 9.47 Å². The first-order valence-corrected chi connectivity index (χ1v) is 6.43. The smallest absolute Gasteiger partial charge is 0.181 e. The van der Waals surface area contributed by atoms with Crippen LogP contribution in [0.4, 0.5) is 0 Å². The van der Waals surface area contributed by atoms with Crippen LogP contribution < -0.4 is 0 Å². The lowest BCUT2D eigenvalue weighted by molar-refractivity contribution is -0.159. The van der Waals surface area contributed by atoms with Crippen molar-refractivity contribution in [2.75, 3.05) is 17.7 Å². The molecule has 0 N–H and O–H groups in total. The van der Waals surface area contributed by atoms with Crippen LogP contribution in [0.25, 0.3) is 0 Å². The van der Waals surface area contributed by atoms with Crippen molar-refractivity contribution in [1.29, 1.82) is 0 Å². The first-order valence-electron chi connectivity index (χ1n) is 4.26. The van der Waals surface area contributed by atoms with E-state index in [2.05, 4.69) is 22.9 Å². The van der Waals surface area contributed by atoms with E-state index in [9.17, 15) is 0 Å². The van der Waals surface area contributed by atoms with Crippen molar-refractivity contribution in [3.05, 3.63) is 0 Å². The summed E-state index contributed by atoms with van der Waals surface area (Å²) in [5.41, 5.74) is 0. The van der Waals surface area contributed by atoms with Gasteiger partial charge in [0.15, 0.2) is 5.79 Å². The quantitative estimate of drug-likeness (QED) is 0.666. The summed E-state index contributed by atoms with van der Waals surface area (Å²) in [4.78, 5) is 0. The van der Waals surface area contributed by atoms with Crippen LogP contribution in [0.1, 0.15) is 13.3 Å². The third kappa shape index (κ3) is 1.43. The Bertz CT molecular complexity index is 178. The molecule has 0 aromatic carbocycles. The Kier molecular flexibility index (Phi) is 2.70. The van der Waals surface area contributed by atoms with Crippen LogP contribution in [0, 0.1) is 0 Å². The molecule has 0 aromatic rings. The van der Waals surface area contributed by atoms with E-state index in [1.54, 1.807) is 0 Å². The van der Waals surface area contributed by atoms with Gasteiger partial charge in [0, 0.05) is 11.8 Å². The molecule has 3 unspecified atom stereocenters. The molecule has 0 saturated carbocycles. The van der Waals surface area contributed by atoms with E-state index in [0.29, 0.717) is 5.25 Å². The van der Waals surface area contributed by atoms with Crippen LogP contribution in [0.2, 0.25) is 0 Å². The summed E-state index contributed by atoms with van der Waals surface area (Å²) in [6, 6.07) is 0. The summed E-state index contributed by atoms with van der Waals surface area (Å²) in [5.74, 6) is 0.916. The summed E-state index contributed by atoms with van der Waals surface area (Å²) < 4.78 is 11.6. The number of halogens is 1. The van der Waals surface area contributed by atoms with E-state index in [1.807, 2.05) is 11.8 Å². The third-order valence-corrected chi connectivity index (χ3v) is 4.51. The second-order valence-corrected chi connectivity index (χ2v) is 5.38. The normalized spacial score (nSPS) is 47.5. The lowest BCUT2D eigenvalue weighted by atomic mass is 10.1. The van der Waals surface area contributed by atoms with Gasteiger partial charge in [0.2, 0.25) is 0 Å². The summed E-state index contributed by atoms with van der Waals surface area (Å²) in [7, 11) is 0. The zero-order chi connectivity index (χ0) is 8.60. The summed E-state index contributed by atoms with van der Waals surface area (Å²) in [6.07, 6.45) is 1.30. The average Bonchev–Trinajstić information content (AvgIpc) is 2.63. The van der Waals surface area contributed by atoms with Crippen molar-refractivity contribution in [3.63, 3.8) is 0 Å². The van der Waals surface area contributed by atoms with Gasteiger partial charge in [0.1, 0.15) is 0 Å². The predicted molar refractivity (Wildman–Crippen MR) is 53.9 cm³/mol. The molecule has 0 radical (unpaired) electrons. The van der Waals surface area contributed by atoms with Crippen LogP contribution in [-0.4, -0.2) is 34.8 Å². The number of hydrogen-bond donors (Lipinski definition) is 0. The molecule has 1 spiro atoms. The van der Waals surface area contributed by atoms with Gasteiger partial charge in [-0.05, 0) is 12.7 Å². The van der Waals surface area contributed by atoms with Crippen molar-refractivity contribution in [3.8, 4) is 0 Å². The Morgan fingerprint density at radius 3 is 3.00 bits per heavy atom. The average molecular weight is 253 g/mol. The summed E-state index contributed by atoms with van der Waals surface area (Å²) in [6.45, 7) is 2.93. The topological polar surface area (TPSA) is 18.5 Å². The van der Waals surface area contributed by atoms with Gasteiger partial charge in [-0.2, -0.15) is 11.8 Å². The predicted octanol–water partition coefficient (Wildman–Crippen LogP) is 2.02. The van der Waals surface area contributed by atoms with E-state index in [-0.39, 0.29) is 11.9 Å². The minimum atomic E-state index is -0.247. The molecule has 3 atom stereocenters. The van der Waals surface area contributed by atoms with Gasteiger partial charge in [0.25, 0.3) is 0 Å².